The van der Waals surface area contributed by atoms with Gasteiger partial charge in [0.05, 0.1) is 12.7 Å². The van der Waals surface area contributed by atoms with Gasteiger partial charge in [0.15, 0.2) is 0 Å². The fourth-order valence-corrected chi connectivity index (χ4v) is 3.77. The molecule has 3 N–H and O–H groups in total. The maximum Gasteiger partial charge on any atom is 0.341 e. The van der Waals surface area contributed by atoms with Crippen LogP contribution in [0.3, 0.4) is 0 Å². The monoisotopic (exact) mass is 310 g/mol. The fourth-order valence-electron chi connectivity index (χ4n) is 2.70. The molecule has 0 aromatic carbocycles. The third-order valence-corrected chi connectivity index (χ3v) is 5.53. The molecule has 1 aromatic heterocycles. The van der Waals surface area contributed by atoms with E-state index in [0.717, 1.165) is 29.7 Å². The molecule has 0 aliphatic heterocycles. The van der Waals surface area contributed by atoms with Gasteiger partial charge in [-0.05, 0) is 44.2 Å². The summed E-state index contributed by atoms with van der Waals surface area (Å²) < 4.78 is 4.80. The van der Waals surface area contributed by atoms with Crippen molar-refractivity contribution in [3.63, 3.8) is 0 Å². The Bertz CT molecular complexity index is 556. The summed E-state index contributed by atoms with van der Waals surface area (Å²) in [5.41, 5.74) is 7.06. The molecule has 5 nitrogen and oxygen atoms in total. The van der Waals surface area contributed by atoms with Gasteiger partial charge in [-0.25, -0.2) is 4.79 Å². The lowest BCUT2D eigenvalue weighted by molar-refractivity contribution is -0.119. The van der Waals surface area contributed by atoms with Crippen LogP contribution in [0.15, 0.2) is 0 Å². The third kappa shape index (κ3) is 3.11. The number of hydrogen-bond acceptors (Lipinski definition) is 5. The van der Waals surface area contributed by atoms with E-state index in [1.807, 2.05) is 13.8 Å². The van der Waals surface area contributed by atoms with E-state index in [-0.39, 0.29) is 11.3 Å². The zero-order valence-electron chi connectivity index (χ0n) is 12.7. The van der Waals surface area contributed by atoms with Crippen LogP contribution in [0, 0.1) is 19.3 Å². The Morgan fingerprint density at radius 3 is 2.52 bits per heavy atom. The van der Waals surface area contributed by atoms with Crippen molar-refractivity contribution >= 4 is 28.2 Å². The number of carbonyl (C=O) groups excluding carboxylic acids is 2. The smallest absolute Gasteiger partial charge is 0.341 e. The van der Waals surface area contributed by atoms with E-state index in [1.165, 1.54) is 18.4 Å². The summed E-state index contributed by atoms with van der Waals surface area (Å²) in [6.45, 7) is 4.32. The molecule has 1 aliphatic carbocycles. The lowest BCUT2D eigenvalue weighted by Crippen LogP contribution is -2.40. The average molecular weight is 310 g/mol. The number of methoxy groups -OCH3 is 1. The molecular formula is C15H22N2O3S. The Morgan fingerprint density at radius 1 is 1.38 bits per heavy atom. The van der Waals surface area contributed by atoms with Crippen molar-refractivity contribution < 1.29 is 14.3 Å². The molecule has 0 bridgehead atoms. The van der Waals surface area contributed by atoms with Crippen molar-refractivity contribution in [1.29, 1.82) is 0 Å². The Kier molecular flexibility index (Phi) is 4.68. The first kappa shape index (κ1) is 16.0. The van der Waals surface area contributed by atoms with Gasteiger partial charge in [0.1, 0.15) is 5.00 Å². The van der Waals surface area contributed by atoms with Crippen LogP contribution in [-0.4, -0.2) is 25.5 Å². The van der Waals surface area contributed by atoms with Gasteiger partial charge in [-0.3, -0.25) is 4.79 Å². The first-order valence-electron chi connectivity index (χ1n) is 7.10. The van der Waals surface area contributed by atoms with Gasteiger partial charge >= 0.3 is 5.97 Å². The minimum absolute atomic E-state index is 0.0448. The average Bonchev–Trinajstić information content (AvgIpc) is 2.68. The number of ether oxygens (including phenoxy) is 1. The molecular weight excluding hydrogens is 288 g/mol. The number of nitrogens with two attached hydrogens (primary N) is 1. The Labute approximate surface area is 128 Å². The largest absolute Gasteiger partial charge is 0.465 e. The van der Waals surface area contributed by atoms with Crippen LogP contribution in [-0.2, 0) is 9.53 Å². The number of rotatable bonds is 5. The predicted molar refractivity (Wildman–Crippen MR) is 83.7 cm³/mol. The first-order valence-corrected chi connectivity index (χ1v) is 7.92. The van der Waals surface area contributed by atoms with Gasteiger partial charge in [-0.1, -0.05) is 6.42 Å². The minimum atomic E-state index is -0.413. The van der Waals surface area contributed by atoms with Gasteiger partial charge < -0.3 is 15.8 Å². The zero-order chi connectivity index (χ0) is 15.6. The molecule has 21 heavy (non-hydrogen) atoms. The van der Waals surface area contributed by atoms with E-state index >= 15 is 0 Å². The van der Waals surface area contributed by atoms with E-state index in [9.17, 15) is 9.59 Å². The zero-order valence-corrected chi connectivity index (χ0v) is 13.6. The number of thiophene rings is 1. The van der Waals surface area contributed by atoms with Crippen LogP contribution in [0.1, 0.15) is 46.5 Å². The van der Waals surface area contributed by atoms with Gasteiger partial charge in [-0.15, -0.1) is 11.3 Å². The van der Waals surface area contributed by atoms with E-state index in [1.54, 1.807) is 0 Å². The van der Waals surface area contributed by atoms with E-state index in [0.29, 0.717) is 23.5 Å². The molecule has 1 saturated carbocycles. The lowest BCUT2D eigenvalue weighted by Gasteiger charge is -2.40. The van der Waals surface area contributed by atoms with Crippen molar-refractivity contribution in [2.24, 2.45) is 11.1 Å². The highest BCUT2D eigenvalue weighted by Crippen LogP contribution is 2.43. The summed E-state index contributed by atoms with van der Waals surface area (Å²) in [5.74, 6) is -0.490. The number of nitrogens with one attached hydrogen (secondary N) is 1. The molecule has 0 spiro atoms. The van der Waals surface area contributed by atoms with Crippen molar-refractivity contribution in [3.8, 4) is 0 Å². The number of amides is 1. The molecule has 116 valence electrons. The molecule has 0 atom stereocenters. The van der Waals surface area contributed by atoms with Crippen LogP contribution in [0.25, 0.3) is 0 Å². The minimum Gasteiger partial charge on any atom is -0.465 e. The fraction of sp³-hybridized carbons (Fsp3) is 0.600. The summed E-state index contributed by atoms with van der Waals surface area (Å²) in [6, 6.07) is 0. The number of esters is 1. The van der Waals surface area contributed by atoms with Crippen molar-refractivity contribution in [2.45, 2.75) is 39.5 Å². The first-order chi connectivity index (χ1) is 9.92. The molecule has 0 radical (unpaired) electrons. The quantitative estimate of drug-likeness (QED) is 0.819. The molecule has 2 rings (SSSR count). The summed E-state index contributed by atoms with van der Waals surface area (Å²) in [6.07, 6.45) is 3.56. The molecule has 0 saturated heterocycles. The number of anilines is 1. The Balaban J connectivity index is 2.14. The van der Waals surface area contributed by atoms with Crippen molar-refractivity contribution in [1.82, 2.24) is 0 Å². The topological polar surface area (TPSA) is 81.4 Å². The number of hydrogen-bond donors (Lipinski definition) is 2. The molecule has 1 amide bonds. The highest BCUT2D eigenvalue weighted by atomic mass is 32.1. The van der Waals surface area contributed by atoms with Gasteiger partial charge in [0.25, 0.3) is 0 Å². The summed E-state index contributed by atoms with van der Waals surface area (Å²) >= 11 is 1.41. The van der Waals surface area contributed by atoms with Crippen molar-refractivity contribution in [2.75, 3.05) is 19.0 Å². The molecule has 1 fully saturated rings. The van der Waals surface area contributed by atoms with Gasteiger partial charge in [0, 0.05) is 11.3 Å². The second-order valence-electron chi connectivity index (χ2n) is 5.76. The second-order valence-corrected chi connectivity index (χ2v) is 6.99. The Morgan fingerprint density at radius 2 is 2.05 bits per heavy atom. The molecule has 1 aliphatic rings. The SMILES string of the molecule is COC(=O)c1c(NC(=O)CC2(CN)CCC2)sc(C)c1C. The number of carbonyl (C=O) groups is 2. The molecule has 1 aromatic rings. The lowest BCUT2D eigenvalue weighted by atomic mass is 9.66. The number of aryl methyl sites for hydroxylation is 1. The molecule has 1 heterocycles. The second kappa shape index (κ2) is 6.15. The van der Waals surface area contributed by atoms with E-state index in [4.69, 9.17) is 10.5 Å². The standard InChI is InChI=1S/C15H22N2O3S/c1-9-10(2)21-13(12(9)14(19)20-3)17-11(18)7-15(8-16)5-4-6-15/h4-8,16H2,1-3H3,(H,17,18). The maximum absolute atomic E-state index is 12.3. The summed E-state index contributed by atoms with van der Waals surface area (Å²) in [5, 5.41) is 3.45. The predicted octanol–water partition coefficient (Wildman–Crippen LogP) is 2.61. The van der Waals surface area contributed by atoms with Crippen LogP contribution in [0.4, 0.5) is 5.00 Å². The third-order valence-electron chi connectivity index (χ3n) is 4.41. The van der Waals surface area contributed by atoms with Crippen LogP contribution in [0.5, 0.6) is 0 Å². The van der Waals surface area contributed by atoms with E-state index in [2.05, 4.69) is 5.32 Å². The van der Waals surface area contributed by atoms with Crippen LogP contribution in [0.2, 0.25) is 0 Å². The van der Waals surface area contributed by atoms with Crippen molar-refractivity contribution in [3.05, 3.63) is 16.0 Å². The highest BCUT2D eigenvalue weighted by Gasteiger charge is 2.37. The van der Waals surface area contributed by atoms with E-state index < -0.39 is 5.97 Å². The summed E-state index contributed by atoms with van der Waals surface area (Å²) in [7, 11) is 1.35. The molecule has 0 unspecified atom stereocenters. The maximum atomic E-state index is 12.3. The van der Waals surface area contributed by atoms with Gasteiger partial charge in [-0.2, -0.15) is 0 Å². The van der Waals surface area contributed by atoms with Crippen LogP contribution >= 0.6 is 11.3 Å². The van der Waals surface area contributed by atoms with Gasteiger partial charge in [0.2, 0.25) is 5.91 Å². The molecule has 6 heteroatoms. The normalized spacial score (nSPS) is 16.2. The highest BCUT2D eigenvalue weighted by molar-refractivity contribution is 7.16. The summed E-state index contributed by atoms with van der Waals surface area (Å²) in [4.78, 5) is 25.1. The van der Waals surface area contributed by atoms with Crippen LogP contribution < -0.4 is 11.1 Å². The Hall–Kier alpha value is -1.40.